The molecule has 0 aliphatic carbocycles. The fourth-order valence-corrected chi connectivity index (χ4v) is 4.69. The highest BCUT2D eigenvalue weighted by Crippen LogP contribution is 2.33. The van der Waals surface area contributed by atoms with Crippen LogP contribution in [0.1, 0.15) is 45.1 Å². The molecule has 5 nitrogen and oxygen atoms in total. The third-order valence-corrected chi connectivity index (χ3v) is 7.00. The average Bonchev–Trinajstić information content (AvgIpc) is 2.77. The highest BCUT2D eigenvalue weighted by Gasteiger charge is 2.33. The van der Waals surface area contributed by atoms with Gasteiger partial charge < -0.3 is 5.32 Å². The minimum atomic E-state index is -4.64. The topological polar surface area (TPSA) is 66.5 Å². The zero-order valence-electron chi connectivity index (χ0n) is 18.2. The van der Waals surface area contributed by atoms with E-state index in [1.165, 1.54) is 30.3 Å². The van der Waals surface area contributed by atoms with Gasteiger partial charge in [0.15, 0.2) is 0 Å². The molecule has 176 valence electrons. The lowest BCUT2D eigenvalue weighted by Gasteiger charge is -2.25. The lowest BCUT2D eigenvalue weighted by atomic mass is 9.99. The molecule has 0 aromatic heterocycles. The normalized spacial score (nSPS) is 12.9. The van der Waals surface area contributed by atoms with E-state index in [9.17, 15) is 26.4 Å². The van der Waals surface area contributed by atoms with Crippen molar-refractivity contribution < 1.29 is 26.4 Å². The molecule has 0 saturated heterocycles. The number of hydrogen-bond acceptors (Lipinski definition) is 3. The third-order valence-electron chi connectivity index (χ3n) is 5.21. The lowest BCUT2D eigenvalue weighted by Crippen LogP contribution is -2.42. The molecule has 9 heteroatoms. The third kappa shape index (κ3) is 6.98. The summed E-state index contributed by atoms with van der Waals surface area (Å²) in [5.74, 6) is -0.316. The molecule has 0 aliphatic heterocycles. The molecule has 1 atom stereocenters. The highest BCUT2D eigenvalue weighted by atomic mass is 32.2. The molecular weight excluding hydrogens is 441 g/mol. The molecular formula is C23H29F3N2O3S. The zero-order valence-corrected chi connectivity index (χ0v) is 19.0. The minimum absolute atomic E-state index is 0.111. The molecule has 2 aromatic carbocycles. The number of benzene rings is 2. The van der Waals surface area contributed by atoms with Crippen LogP contribution in [-0.4, -0.2) is 27.4 Å². The van der Waals surface area contributed by atoms with E-state index in [0.717, 1.165) is 48.2 Å². The molecule has 32 heavy (non-hydrogen) atoms. The van der Waals surface area contributed by atoms with Crippen LogP contribution in [0.2, 0.25) is 0 Å². The summed E-state index contributed by atoms with van der Waals surface area (Å²) in [6, 6.07) is 11.3. The second-order valence-electron chi connectivity index (χ2n) is 7.59. The van der Waals surface area contributed by atoms with Gasteiger partial charge in [-0.2, -0.15) is 13.2 Å². The summed E-state index contributed by atoms with van der Waals surface area (Å²) < 4.78 is 66.8. The highest BCUT2D eigenvalue weighted by molar-refractivity contribution is 7.92. The van der Waals surface area contributed by atoms with Crippen LogP contribution < -0.4 is 9.62 Å². The molecule has 0 heterocycles. The summed E-state index contributed by atoms with van der Waals surface area (Å²) in [5.41, 5.74) is -1.22. The predicted molar refractivity (Wildman–Crippen MR) is 119 cm³/mol. The van der Waals surface area contributed by atoms with Gasteiger partial charge in [0.1, 0.15) is 6.54 Å². The monoisotopic (exact) mass is 470 g/mol. The van der Waals surface area contributed by atoms with Gasteiger partial charge in [-0.15, -0.1) is 0 Å². The minimum Gasteiger partial charge on any atom is -0.354 e. The number of nitrogens with one attached hydrogen (secondary N) is 1. The van der Waals surface area contributed by atoms with E-state index in [2.05, 4.69) is 12.2 Å². The number of amides is 1. The Labute approximate surface area is 187 Å². The van der Waals surface area contributed by atoms with E-state index in [0.29, 0.717) is 6.54 Å². The Morgan fingerprint density at radius 1 is 1.06 bits per heavy atom. The lowest BCUT2D eigenvalue weighted by molar-refractivity contribution is -0.137. The molecule has 1 unspecified atom stereocenters. The first-order chi connectivity index (χ1) is 15.1. The number of sulfonamides is 1. The SMILES string of the molecule is CCCCC(CC)CNC(=O)CN(c1cccc(C(F)(F)F)c1)S(=O)(=O)c1ccccc1. The van der Waals surface area contributed by atoms with E-state index in [-0.39, 0.29) is 16.5 Å². The van der Waals surface area contributed by atoms with Crippen molar-refractivity contribution in [2.75, 3.05) is 17.4 Å². The quantitative estimate of drug-likeness (QED) is 0.489. The van der Waals surface area contributed by atoms with Crippen molar-refractivity contribution in [3.63, 3.8) is 0 Å². The molecule has 2 rings (SSSR count). The van der Waals surface area contributed by atoms with Gasteiger partial charge in [-0.05, 0) is 42.7 Å². The Morgan fingerprint density at radius 3 is 2.34 bits per heavy atom. The van der Waals surface area contributed by atoms with Crippen molar-refractivity contribution >= 4 is 21.6 Å². The standard InChI is InChI=1S/C23H29F3N2O3S/c1-3-5-10-18(4-2)16-27-22(29)17-28(32(30,31)21-13-7-6-8-14-21)20-12-9-11-19(15-20)23(24,25)26/h6-9,11-15,18H,3-5,10,16-17H2,1-2H3,(H,27,29). The first-order valence-corrected chi connectivity index (χ1v) is 12.0. The number of carbonyl (C=O) groups excluding carboxylic acids is 1. The van der Waals surface area contributed by atoms with Crippen LogP contribution in [0.4, 0.5) is 18.9 Å². The molecule has 0 aliphatic rings. The van der Waals surface area contributed by atoms with Crippen molar-refractivity contribution in [1.82, 2.24) is 5.32 Å². The first-order valence-electron chi connectivity index (χ1n) is 10.6. The largest absolute Gasteiger partial charge is 0.416 e. The van der Waals surface area contributed by atoms with Crippen LogP contribution in [-0.2, 0) is 21.0 Å². The second kappa shape index (κ2) is 11.4. The molecule has 0 bridgehead atoms. The fourth-order valence-electron chi connectivity index (χ4n) is 3.26. The summed E-state index contributed by atoms with van der Waals surface area (Å²) in [7, 11) is -4.26. The van der Waals surface area contributed by atoms with Crippen LogP contribution in [0, 0.1) is 5.92 Å². The van der Waals surface area contributed by atoms with E-state index in [1.807, 2.05) is 6.92 Å². The maximum atomic E-state index is 13.2. The van der Waals surface area contributed by atoms with E-state index < -0.39 is 34.2 Å². The van der Waals surface area contributed by atoms with E-state index in [1.54, 1.807) is 6.07 Å². The molecule has 1 amide bonds. The van der Waals surface area contributed by atoms with Crippen molar-refractivity contribution in [1.29, 1.82) is 0 Å². The van der Waals surface area contributed by atoms with E-state index in [4.69, 9.17) is 0 Å². The Hall–Kier alpha value is -2.55. The Morgan fingerprint density at radius 2 is 1.75 bits per heavy atom. The average molecular weight is 471 g/mol. The van der Waals surface area contributed by atoms with Gasteiger partial charge in [-0.3, -0.25) is 9.10 Å². The van der Waals surface area contributed by atoms with Gasteiger partial charge in [0.05, 0.1) is 16.1 Å². The molecule has 0 saturated carbocycles. The van der Waals surface area contributed by atoms with Gasteiger partial charge in [-0.25, -0.2) is 8.42 Å². The van der Waals surface area contributed by atoms with Crippen LogP contribution in [0.25, 0.3) is 0 Å². The van der Waals surface area contributed by atoms with Crippen LogP contribution in [0.3, 0.4) is 0 Å². The fraction of sp³-hybridized carbons (Fsp3) is 0.435. The van der Waals surface area contributed by atoms with Gasteiger partial charge in [0.2, 0.25) is 5.91 Å². The summed E-state index contributed by atoms with van der Waals surface area (Å²) in [5, 5.41) is 2.74. The van der Waals surface area contributed by atoms with Gasteiger partial charge in [-0.1, -0.05) is 57.4 Å². The molecule has 2 aromatic rings. The van der Waals surface area contributed by atoms with Crippen molar-refractivity contribution in [2.24, 2.45) is 5.92 Å². The maximum Gasteiger partial charge on any atom is 0.416 e. The van der Waals surface area contributed by atoms with Gasteiger partial charge >= 0.3 is 6.18 Å². The summed E-state index contributed by atoms with van der Waals surface area (Å²) in [6.45, 7) is 3.86. The number of carbonyl (C=O) groups is 1. The smallest absolute Gasteiger partial charge is 0.354 e. The second-order valence-corrected chi connectivity index (χ2v) is 9.46. The Bertz CT molecular complexity index is 979. The maximum absolute atomic E-state index is 13.2. The molecule has 0 spiro atoms. The summed E-state index contributed by atoms with van der Waals surface area (Å²) in [4.78, 5) is 12.5. The number of halogens is 3. The number of anilines is 1. The Balaban J connectivity index is 2.33. The number of alkyl halides is 3. The number of rotatable bonds is 11. The predicted octanol–water partition coefficient (Wildman–Crippen LogP) is 5.23. The zero-order chi connectivity index (χ0) is 23.8. The van der Waals surface area contributed by atoms with Crippen LogP contribution in [0.5, 0.6) is 0 Å². The van der Waals surface area contributed by atoms with Crippen LogP contribution in [0.15, 0.2) is 59.5 Å². The van der Waals surface area contributed by atoms with Crippen molar-refractivity contribution in [2.45, 2.75) is 50.6 Å². The number of hydrogen-bond donors (Lipinski definition) is 1. The van der Waals surface area contributed by atoms with Crippen LogP contribution >= 0.6 is 0 Å². The molecule has 0 fully saturated rings. The Kier molecular flexibility index (Phi) is 9.12. The first kappa shape index (κ1) is 25.7. The van der Waals surface area contributed by atoms with Crippen molar-refractivity contribution in [3.8, 4) is 0 Å². The summed E-state index contributed by atoms with van der Waals surface area (Å²) >= 11 is 0. The number of nitrogens with zero attached hydrogens (tertiary/aromatic N) is 1. The van der Waals surface area contributed by atoms with Crippen molar-refractivity contribution in [3.05, 3.63) is 60.2 Å². The summed E-state index contributed by atoms with van der Waals surface area (Å²) in [6.07, 6.45) is -0.794. The van der Waals surface area contributed by atoms with E-state index >= 15 is 0 Å². The van der Waals surface area contributed by atoms with Gasteiger partial charge in [0, 0.05) is 6.54 Å². The molecule has 1 N–H and O–H groups in total. The van der Waals surface area contributed by atoms with Gasteiger partial charge in [0.25, 0.3) is 10.0 Å². The number of unbranched alkanes of at least 4 members (excludes halogenated alkanes) is 1. The molecule has 0 radical (unpaired) electrons.